The maximum atomic E-state index is 11.2. The van der Waals surface area contributed by atoms with Gasteiger partial charge in [0.15, 0.2) is 11.5 Å². The van der Waals surface area contributed by atoms with E-state index in [1.165, 1.54) is 13.1 Å². The summed E-state index contributed by atoms with van der Waals surface area (Å²) < 4.78 is 10.7. The molecule has 5 nitrogen and oxygen atoms in total. The molecular formula is C12H15NO4. The molecule has 0 aromatic heterocycles. The molecule has 1 amide bonds. The van der Waals surface area contributed by atoms with Gasteiger partial charge in [0.2, 0.25) is 5.75 Å². The first-order valence-corrected chi connectivity index (χ1v) is 5.36. The molecule has 0 aliphatic carbocycles. The van der Waals surface area contributed by atoms with E-state index in [0.29, 0.717) is 12.2 Å². The van der Waals surface area contributed by atoms with Gasteiger partial charge in [-0.05, 0) is 19.9 Å². The Morgan fingerprint density at radius 2 is 2.24 bits per heavy atom. The molecule has 2 rings (SSSR count). The van der Waals surface area contributed by atoms with Crippen molar-refractivity contribution in [1.29, 1.82) is 0 Å². The van der Waals surface area contributed by atoms with Gasteiger partial charge < -0.3 is 19.9 Å². The molecule has 1 heterocycles. The van der Waals surface area contributed by atoms with Crippen molar-refractivity contribution in [3.8, 4) is 17.2 Å². The third-order valence-electron chi connectivity index (χ3n) is 2.57. The highest BCUT2D eigenvalue weighted by molar-refractivity contribution is 5.73. The van der Waals surface area contributed by atoms with E-state index in [4.69, 9.17) is 9.47 Å². The molecule has 0 bridgehead atoms. The first-order chi connectivity index (χ1) is 7.93. The lowest BCUT2D eigenvalue weighted by molar-refractivity contribution is 0.132. The van der Waals surface area contributed by atoms with E-state index in [0.717, 1.165) is 5.56 Å². The number of benzene rings is 1. The fourth-order valence-electron chi connectivity index (χ4n) is 1.86. The number of ether oxygens (including phenoxy) is 2. The van der Waals surface area contributed by atoms with Crippen molar-refractivity contribution >= 4 is 6.09 Å². The fraction of sp³-hybridized carbons (Fsp3) is 0.417. The average molecular weight is 237 g/mol. The molecule has 0 atom stereocenters. The van der Waals surface area contributed by atoms with Gasteiger partial charge in [0.25, 0.3) is 0 Å². The first kappa shape index (κ1) is 11.6. The summed E-state index contributed by atoms with van der Waals surface area (Å²) >= 11 is 0. The van der Waals surface area contributed by atoms with Crippen LogP contribution in [0.3, 0.4) is 0 Å². The predicted molar refractivity (Wildman–Crippen MR) is 61.6 cm³/mol. The zero-order chi connectivity index (χ0) is 12.6. The lowest BCUT2D eigenvalue weighted by Crippen LogP contribution is -2.25. The Hall–Kier alpha value is -1.91. The van der Waals surface area contributed by atoms with E-state index in [-0.39, 0.29) is 17.1 Å². The summed E-state index contributed by atoms with van der Waals surface area (Å²) in [6.07, 6.45) is 0.0780. The van der Waals surface area contributed by atoms with E-state index in [2.05, 4.69) is 5.32 Å². The minimum absolute atomic E-state index is 0.0763. The summed E-state index contributed by atoms with van der Waals surface area (Å²) in [6, 6.07) is 3.28. The van der Waals surface area contributed by atoms with Crippen molar-refractivity contribution in [2.75, 3.05) is 7.05 Å². The van der Waals surface area contributed by atoms with Crippen LogP contribution in [0.5, 0.6) is 17.2 Å². The molecule has 0 unspecified atom stereocenters. The van der Waals surface area contributed by atoms with Gasteiger partial charge in [0.1, 0.15) is 5.60 Å². The van der Waals surface area contributed by atoms with Gasteiger partial charge in [-0.3, -0.25) is 0 Å². The molecule has 0 saturated heterocycles. The molecule has 1 aliphatic rings. The van der Waals surface area contributed by atoms with Crippen molar-refractivity contribution in [2.45, 2.75) is 25.9 Å². The Morgan fingerprint density at radius 3 is 2.88 bits per heavy atom. The minimum Gasteiger partial charge on any atom is -0.504 e. The summed E-state index contributed by atoms with van der Waals surface area (Å²) in [5.41, 5.74) is 0.573. The molecule has 0 fully saturated rings. The normalized spacial score (nSPS) is 15.9. The van der Waals surface area contributed by atoms with Gasteiger partial charge in [-0.2, -0.15) is 0 Å². The van der Waals surface area contributed by atoms with Gasteiger partial charge in [0.05, 0.1) is 0 Å². The third-order valence-corrected chi connectivity index (χ3v) is 2.57. The summed E-state index contributed by atoms with van der Waals surface area (Å²) in [6.45, 7) is 3.88. The second kappa shape index (κ2) is 3.84. The molecule has 1 aliphatic heterocycles. The first-order valence-electron chi connectivity index (χ1n) is 5.36. The Kier molecular flexibility index (Phi) is 2.61. The largest absolute Gasteiger partial charge is 0.504 e. The summed E-state index contributed by atoms with van der Waals surface area (Å²) in [4.78, 5) is 11.2. The van der Waals surface area contributed by atoms with E-state index in [1.54, 1.807) is 6.07 Å². The number of carbonyl (C=O) groups excluding carboxylic acids is 1. The van der Waals surface area contributed by atoms with Gasteiger partial charge in [-0.1, -0.05) is 6.07 Å². The van der Waals surface area contributed by atoms with Crippen molar-refractivity contribution in [1.82, 2.24) is 5.32 Å². The van der Waals surface area contributed by atoms with E-state index in [1.807, 2.05) is 13.8 Å². The number of hydrogen-bond donors (Lipinski definition) is 2. The van der Waals surface area contributed by atoms with Crippen LogP contribution in [-0.2, 0) is 6.42 Å². The summed E-state index contributed by atoms with van der Waals surface area (Å²) in [7, 11) is 1.45. The molecule has 2 N–H and O–H groups in total. The van der Waals surface area contributed by atoms with E-state index >= 15 is 0 Å². The number of fused-ring (bicyclic) bond motifs is 1. The Morgan fingerprint density at radius 1 is 1.53 bits per heavy atom. The lowest BCUT2D eigenvalue weighted by Gasteiger charge is -2.18. The second-order valence-corrected chi connectivity index (χ2v) is 4.58. The molecule has 5 heteroatoms. The molecule has 0 saturated carbocycles. The van der Waals surface area contributed by atoms with Crippen LogP contribution in [-0.4, -0.2) is 23.8 Å². The van der Waals surface area contributed by atoms with Crippen LogP contribution in [0.2, 0.25) is 0 Å². The fourth-order valence-corrected chi connectivity index (χ4v) is 1.86. The minimum atomic E-state index is -0.637. The predicted octanol–water partition coefficient (Wildman–Crippen LogP) is 1.82. The smallest absolute Gasteiger partial charge is 0.412 e. The maximum Gasteiger partial charge on any atom is 0.412 e. The maximum absolute atomic E-state index is 11.2. The number of phenols is 1. The van der Waals surface area contributed by atoms with Crippen LogP contribution in [0, 0.1) is 0 Å². The Labute approximate surface area is 99.3 Å². The highest BCUT2D eigenvalue weighted by atomic mass is 16.6. The van der Waals surface area contributed by atoms with Gasteiger partial charge in [0, 0.05) is 19.0 Å². The van der Waals surface area contributed by atoms with E-state index < -0.39 is 6.09 Å². The number of amides is 1. The van der Waals surface area contributed by atoms with Crippen molar-refractivity contribution in [3.05, 3.63) is 17.7 Å². The van der Waals surface area contributed by atoms with Crippen LogP contribution in [0.4, 0.5) is 4.79 Å². The van der Waals surface area contributed by atoms with Crippen molar-refractivity contribution < 1.29 is 19.4 Å². The third kappa shape index (κ3) is 2.13. The zero-order valence-corrected chi connectivity index (χ0v) is 10.0. The topological polar surface area (TPSA) is 67.8 Å². The number of hydrogen-bond acceptors (Lipinski definition) is 4. The van der Waals surface area contributed by atoms with Gasteiger partial charge in [-0.25, -0.2) is 4.79 Å². The Balaban J connectivity index is 2.40. The highest BCUT2D eigenvalue weighted by Crippen LogP contribution is 2.46. The highest BCUT2D eigenvalue weighted by Gasteiger charge is 2.34. The quantitative estimate of drug-likeness (QED) is 0.781. The molecule has 0 spiro atoms. The van der Waals surface area contributed by atoms with Gasteiger partial charge in [-0.15, -0.1) is 0 Å². The number of carbonyl (C=O) groups is 1. The standard InChI is InChI=1S/C12H15NO4/c1-12(2)6-7-4-5-8(14)10(9(7)17-12)16-11(15)13-3/h4-5,14H,6H2,1-3H3,(H,13,15). The zero-order valence-electron chi connectivity index (χ0n) is 10.0. The van der Waals surface area contributed by atoms with E-state index in [9.17, 15) is 9.90 Å². The molecule has 1 aromatic rings. The molecule has 0 radical (unpaired) electrons. The molecular weight excluding hydrogens is 222 g/mol. The van der Waals surface area contributed by atoms with Crippen molar-refractivity contribution in [3.63, 3.8) is 0 Å². The van der Waals surface area contributed by atoms with Crippen LogP contribution >= 0.6 is 0 Å². The van der Waals surface area contributed by atoms with Crippen LogP contribution in [0.1, 0.15) is 19.4 Å². The van der Waals surface area contributed by atoms with Crippen molar-refractivity contribution in [2.24, 2.45) is 0 Å². The summed E-state index contributed by atoms with van der Waals surface area (Å²) in [5.74, 6) is 0.413. The SMILES string of the molecule is CNC(=O)Oc1c(O)ccc2c1OC(C)(C)C2. The van der Waals surface area contributed by atoms with Crippen LogP contribution in [0.25, 0.3) is 0 Å². The lowest BCUT2D eigenvalue weighted by atomic mass is 10.0. The number of aromatic hydroxyl groups is 1. The number of phenolic OH excluding ortho intramolecular Hbond substituents is 1. The van der Waals surface area contributed by atoms with Gasteiger partial charge >= 0.3 is 6.09 Å². The van der Waals surface area contributed by atoms with Crippen LogP contribution < -0.4 is 14.8 Å². The molecule has 1 aromatic carbocycles. The van der Waals surface area contributed by atoms with Crippen LogP contribution in [0.15, 0.2) is 12.1 Å². The average Bonchev–Trinajstić information content (AvgIpc) is 2.57. The molecule has 92 valence electrons. The number of rotatable bonds is 1. The number of nitrogens with one attached hydrogen (secondary N) is 1. The summed E-state index contributed by atoms with van der Waals surface area (Å²) in [5, 5.41) is 12.0. The molecule has 17 heavy (non-hydrogen) atoms. The monoisotopic (exact) mass is 237 g/mol. The Bertz CT molecular complexity index is 468. The second-order valence-electron chi connectivity index (χ2n) is 4.58.